The average molecular weight is 1760 g/mol. The zero-order valence-electron chi connectivity index (χ0n) is 72.1. The number of rotatable bonds is 36. The van der Waals surface area contributed by atoms with Crippen LogP contribution in [0.25, 0.3) is 22.5 Å². The summed E-state index contributed by atoms with van der Waals surface area (Å²) < 4.78 is 67.3. The molecule has 2 aromatic heterocycles. The minimum absolute atomic E-state index is 0.0211. The molecule has 12 unspecified atom stereocenters. The van der Waals surface area contributed by atoms with Gasteiger partial charge in [0, 0.05) is 62.7 Å². The topological polar surface area (TPSA) is 530 Å². The Morgan fingerprint density at radius 3 is 1.25 bits per heavy atom. The smallest absolute Gasteiger partial charge is 0.332 e. The highest BCUT2D eigenvalue weighted by Gasteiger charge is 2.57. The van der Waals surface area contributed by atoms with E-state index in [1.807, 2.05) is 67.7 Å². The summed E-state index contributed by atoms with van der Waals surface area (Å²) in [7, 11) is 3.60. The van der Waals surface area contributed by atoms with E-state index >= 15 is 0 Å². The van der Waals surface area contributed by atoms with Crippen LogP contribution in [-0.2, 0) is 76.1 Å². The first-order chi connectivity index (χ1) is 60.1. The number of aliphatic hydroxyl groups is 10. The number of benzene rings is 2. The number of nitrogens with one attached hydrogen (secondary N) is 4. The number of carboxylic acid groups (broad SMARTS) is 1. The van der Waals surface area contributed by atoms with Gasteiger partial charge in [-0.1, -0.05) is 135 Å². The van der Waals surface area contributed by atoms with Gasteiger partial charge < -0.3 is 130 Å². The van der Waals surface area contributed by atoms with E-state index in [4.69, 9.17) is 47.4 Å². The normalized spacial score (nSPS) is 35.3. The Morgan fingerprint density at radius 1 is 0.480 bits per heavy atom. The Morgan fingerprint density at radius 2 is 0.880 bits per heavy atom. The van der Waals surface area contributed by atoms with E-state index in [0.717, 1.165) is 81.8 Å². The van der Waals surface area contributed by atoms with Crippen molar-refractivity contribution in [1.82, 2.24) is 56.2 Å². The predicted octanol–water partition coefficient (Wildman–Crippen LogP) is 1.06. The molecule has 5 saturated heterocycles. The van der Waals surface area contributed by atoms with E-state index in [9.17, 15) is 84.9 Å². The number of aliphatic hydroxyl groups excluding tert-OH is 10. The number of hydrogen-bond acceptors (Lipinski definition) is 32. The summed E-state index contributed by atoms with van der Waals surface area (Å²) in [4.78, 5) is 82.5. The fourth-order valence-corrected chi connectivity index (χ4v) is 19.1. The highest BCUT2D eigenvalue weighted by atomic mass is 16.7. The van der Waals surface area contributed by atoms with Crippen LogP contribution < -0.4 is 21.3 Å². The lowest BCUT2D eigenvalue weighted by molar-refractivity contribution is -0.337. The summed E-state index contributed by atoms with van der Waals surface area (Å²) in [5.74, 6) is -3.63. The van der Waals surface area contributed by atoms with Crippen LogP contribution in [0.2, 0.25) is 0 Å². The van der Waals surface area contributed by atoms with Gasteiger partial charge in [0.05, 0.1) is 62.1 Å². The lowest BCUT2D eigenvalue weighted by Crippen LogP contribution is -2.67. The maximum Gasteiger partial charge on any atom is 0.332 e. The van der Waals surface area contributed by atoms with Crippen molar-refractivity contribution >= 4 is 35.3 Å². The van der Waals surface area contributed by atoms with Crippen molar-refractivity contribution in [3.8, 4) is 22.5 Å². The quantitative estimate of drug-likeness (QED) is 0.0283. The van der Waals surface area contributed by atoms with Crippen LogP contribution in [0, 0.1) is 23.7 Å². The number of ketones is 2. The van der Waals surface area contributed by atoms with Gasteiger partial charge in [0.2, 0.25) is 11.8 Å². The number of carboxylic acids is 1. The second-order valence-corrected chi connectivity index (χ2v) is 35.2. The summed E-state index contributed by atoms with van der Waals surface area (Å²) in [6, 6.07) is 14.5. The molecule has 38 nitrogen and oxygen atoms in total. The summed E-state index contributed by atoms with van der Waals surface area (Å²) in [6.45, 7) is 6.57. The van der Waals surface area contributed by atoms with E-state index in [0.29, 0.717) is 56.8 Å². The molecule has 4 aromatic rings. The second kappa shape index (κ2) is 46.0. The Labute approximate surface area is 727 Å². The summed E-state index contributed by atoms with van der Waals surface area (Å²) in [6.07, 6.45) is -16.0. The number of aliphatic carboxylic acids is 1. The number of ether oxygens (including phenoxy) is 10. The Kier molecular flexibility index (Phi) is 35.8. The summed E-state index contributed by atoms with van der Waals surface area (Å²) in [5.41, 5.74) is 2.61. The van der Waals surface area contributed by atoms with Crippen LogP contribution in [0.1, 0.15) is 175 Å². The lowest BCUT2D eigenvalue weighted by atomic mass is 9.78. The molecule has 4 aliphatic carbocycles. The van der Waals surface area contributed by atoms with Gasteiger partial charge in [0.15, 0.2) is 31.3 Å². The fourth-order valence-electron chi connectivity index (χ4n) is 19.1. The van der Waals surface area contributed by atoms with Crippen LogP contribution in [0.4, 0.5) is 0 Å². The molecule has 5 aliphatic heterocycles. The molecule has 3 amide bonds. The van der Waals surface area contributed by atoms with E-state index < -0.39 is 214 Å². The van der Waals surface area contributed by atoms with Crippen LogP contribution in [-0.4, -0.2) is 339 Å². The lowest BCUT2D eigenvalue weighted by Gasteiger charge is -2.49. The van der Waals surface area contributed by atoms with E-state index in [1.54, 1.807) is 33.7 Å². The van der Waals surface area contributed by atoms with Gasteiger partial charge in [-0.15, -0.1) is 10.2 Å². The van der Waals surface area contributed by atoms with Gasteiger partial charge in [0.25, 0.3) is 5.91 Å². The zero-order chi connectivity index (χ0) is 89.3. The van der Waals surface area contributed by atoms with Crippen molar-refractivity contribution in [1.29, 1.82) is 0 Å². The summed E-state index contributed by atoms with van der Waals surface area (Å²) >= 11 is 0. The SMILES string of the molecule is CNCCCC(=O)C1CC(n2cc(-c3ccccc3)nn2)[C@@H](O[C@@H]2OC(C)[C@@H](O)[C@H](O)C2O)[C@H](O[C@@H]2O[C@@H](CO)[C@H](O)C(O[C@@H](CC3CCCCC3)C(=O)N3CCC3)C2NC(C)=O)C1.CNCCCC(=O)C1CC(n2cc(-c3ccccc3)nn2)[C@@H](O[C@@H]2OC(C)[C@@H](O)[C@H](O)C2O)[C@H](O[C@@H]2O[C@@H](CO)[C@H](O)C(O[C@@H](CC3CCCCC3)C(=O)O)C2NC(C)=O)C1. The van der Waals surface area contributed by atoms with Crippen molar-refractivity contribution in [3.63, 3.8) is 0 Å². The van der Waals surface area contributed by atoms with E-state index in [2.05, 4.69) is 41.9 Å². The molecule has 4 saturated carbocycles. The molecule has 13 rings (SSSR count). The van der Waals surface area contributed by atoms with Gasteiger partial charge in [-0.05, 0) is 111 Å². The van der Waals surface area contributed by atoms with E-state index in [-0.39, 0.29) is 74.3 Å². The van der Waals surface area contributed by atoms with E-state index in [1.165, 1.54) is 27.7 Å². The zero-order valence-corrected chi connectivity index (χ0v) is 72.1. The standard InChI is InChI=1S/C45H68N6O13.C42H63N5O14/c1-25-37(55)39(57)40(58)45(60-25)64-41-31(51-23-30(48-49-51)28-14-8-5-9-15-28)21-29(32(54)16-10-17-46-3)22-33(41)62-44-36(47-26(2)53)42(38(56)35(24-52)63-44)61-34(43(59)50-18-11-19-50)20-27-12-6-4-7-13-27;1-22-34(51)36(53)37(54)42(57-22)61-38-28(47-20-27(45-46-47)25-13-8-5-9-14-25)18-26(29(50)15-10-16-43-3)19-30(38)59-41-33(44-23(2)49)39(35(52)32(21-48)60-41)58-31(40(55)56)17-24-11-6-4-7-12-24/h5,8-9,14-15,23,25,27,29,31,33-42,44-46,52,55-58H,4,6-7,10-13,16-22,24H2,1-3H3,(H,47,53);5,8-9,13-14,20,22,24,26,28,30-39,41-43,48,51-54H,4,6-7,10-12,15-19,21H2,1-3H3,(H,44,49)(H,55,56)/t25?,29?,31?,33-,34+,35+,36?,37-,38+,39+,40?,41-,42?,44-,45+;22?,26?,28?,30-,31+,32+,33?,34-,35+,36+,37?,38-,39?,41-,42+/m11/s1. The fraction of sp³-hybridized carbons (Fsp3) is 0.747. The molecule has 0 spiro atoms. The van der Waals surface area contributed by atoms with Gasteiger partial charge in [0.1, 0.15) is 127 Å². The number of hydrogen-bond donors (Lipinski definition) is 15. The molecule has 38 heteroatoms. The van der Waals surface area contributed by atoms with Crippen molar-refractivity contribution in [2.45, 2.75) is 334 Å². The van der Waals surface area contributed by atoms with Crippen LogP contribution in [0.3, 0.4) is 0 Å². The van der Waals surface area contributed by atoms with Crippen LogP contribution >= 0.6 is 0 Å². The molecule has 0 bridgehead atoms. The number of carbonyl (C=O) groups is 6. The van der Waals surface area contributed by atoms with Gasteiger partial charge in [-0.2, -0.15) is 0 Å². The summed E-state index contributed by atoms with van der Waals surface area (Å²) in [5, 5.41) is 149. The molecule has 7 heterocycles. The molecule has 2 aromatic carbocycles. The van der Waals surface area contributed by atoms with Crippen molar-refractivity contribution in [2.75, 3.05) is 53.5 Å². The van der Waals surface area contributed by atoms with Crippen molar-refractivity contribution in [3.05, 3.63) is 73.1 Å². The highest BCUT2D eigenvalue weighted by Crippen LogP contribution is 2.45. The number of nitrogens with zero attached hydrogens (tertiary/aromatic N) is 7. The minimum Gasteiger partial charge on any atom is -0.479 e. The molecular formula is C87H131N11O27. The number of amides is 3. The Hall–Kier alpha value is -6.94. The second-order valence-electron chi connectivity index (χ2n) is 35.2. The molecular weight excluding hydrogens is 1630 g/mol. The number of Topliss-reactive ketones (excluding diaryl/α,β-unsaturated/α-hetero) is 2. The molecule has 9 fully saturated rings. The van der Waals surface area contributed by atoms with Gasteiger partial charge in [-0.3, -0.25) is 24.0 Å². The van der Waals surface area contributed by atoms with Gasteiger partial charge in [-0.25, -0.2) is 14.2 Å². The Bertz CT molecular complexity index is 4030. The third-order valence-corrected chi connectivity index (χ3v) is 26.2. The largest absolute Gasteiger partial charge is 0.479 e. The number of carbonyl (C=O) groups excluding carboxylic acids is 5. The van der Waals surface area contributed by atoms with Crippen LogP contribution in [0.15, 0.2) is 73.1 Å². The first-order valence-corrected chi connectivity index (χ1v) is 44.7. The molecule has 0 radical (unpaired) electrons. The minimum atomic E-state index is -1.72. The third kappa shape index (κ3) is 24.6. The predicted molar refractivity (Wildman–Crippen MR) is 442 cm³/mol. The van der Waals surface area contributed by atoms with Gasteiger partial charge >= 0.3 is 5.97 Å². The Balaban J connectivity index is 0.000000228. The maximum atomic E-state index is 14.1. The first-order valence-electron chi connectivity index (χ1n) is 44.7. The van der Waals surface area contributed by atoms with Crippen molar-refractivity contribution in [2.24, 2.45) is 23.7 Å². The third-order valence-electron chi connectivity index (χ3n) is 26.2. The molecule has 9 aliphatic rings. The monoisotopic (exact) mass is 1760 g/mol. The number of aromatic nitrogens is 6. The highest BCUT2D eigenvalue weighted by molar-refractivity contribution is 5.82. The molecule has 696 valence electrons. The van der Waals surface area contributed by atoms with Crippen molar-refractivity contribution < 1.29 is 132 Å². The maximum absolute atomic E-state index is 14.1. The molecule has 125 heavy (non-hydrogen) atoms. The number of likely N-dealkylation sites (tertiary alicyclic amines) is 1. The molecule has 15 N–H and O–H groups in total. The first kappa shape index (κ1) is 97.1. The molecule has 30 atom stereocenters. The average Bonchev–Trinajstić information content (AvgIpc) is 1.75. The van der Waals surface area contributed by atoms with Crippen LogP contribution in [0.5, 0.6) is 0 Å².